The minimum Gasteiger partial charge on any atom is -0.323 e. The standard InChI is InChI=1S/C21H23ClN2O/c22-19-9-4-17(5-10-19)8-13-21(25)23-20-11-6-18(7-12-20)16-24-14-2-1-3-15-24/h4-13H,1-3,14-16H2,(H,23,25). The van der Waals surface area contributed by atoms with Crippen molar-refractivity contribution in [3.8, 4) is 0 Å². The molecule has 1 saturated heterocycles. The molecule has 0 atom stereocenters. The number of anilines is 1. The van der Waals surface area contributed by atoms with Crippen LogP contribution in [-0.2, 0) is 11.3 Å². The summed E-state index contributed by atoms with van der Waals surface area (Å²) >= 11 is 5.85. The zero-order chi connectivity index (χ0) is 17.5. The molecule has 1 fully saturated rings. The van der Waals surface area contributed by atoms with Gasteiger partial charge in [-0.15, -0.1) is 0 Å². The number of benzene rings is 2. The van der Waals surface area contributed by atoms with Crippen molar-refractivity contribution in [3.05, 3.63) is 70.8 Å². The van der Waals surface area contributed by atoms with Gasteiger partial charge in [-0.2, -0.15) is 0 Å². The van der Waals surface area contributed by atoms with E-state index in [-0.39, 0.29) is 5.91 Å². The van der Waals surface area contributed by atoms with Crippen molar-refractivity contribution in [1.82, 2.24) is 4.90 Å². The highest BCUT2D eigenvalue weighted by atomic mass is 35.5. The normalized spacial score (nSPS) is 15.4. The Morgan fingerprint density at radius 3 is 2.36 bits per heavy atom. The van der Waals surface area contributed by atoms with E-state index >= 15 is 0 Å². The predicted molar refractivity (Wildman–Crippen MR) is 105 cm³/mol. The molecule has 0 aromatic heterocycles. The Balaban J connectivity index is 1.51. The number of carbonyl (C=O) groups is 1. The van der Waals surface area contributed by atoms with Crippen molar-refractivity contribution in [2.75, 3.05) is 18.4 Å². The number of likely N-dealkylation sites (tertiary alicyclic amines) is 1. The molecule has 1 aliphatic rings. The first kappa shape index (κ1) is 17.7. The van der Waals surface area contributed by atoms with Crippen LogP contribution in [0.25, 0.3) is 6.08 Å². The number of nitrogens with one attached hydrogen (secondary N) is 1. The summed E-state index contributed by atoms with van der Waals surface area (Å²) in [5, 5.41) is 3.58. The van der Waals surface area contributed by atoms with Crippen LogP contribution < -0.4 is 5.32 Å². The van der Waals surface area contributed by atoms with Gasteiger partial charge in [0.1, 0.15) is 0 Å². The number of hydrogen-bond donors (Lipinski definition) is 1. The molecule has 0 bridgehead atoms. The maximum absolute atomic E-state index is 12.0. The molecular weight excluding hydrogens is 332 g/mol. The van der Waals surface area contributed by atoms with Crippen molar-refractivity contribution in [2.24, 2.45) is 0 Å². The number of amides is 1. The number of hydrogen-bond acceptors (Lipinski definition) is 2. The quantitative estimate of drug-likeness (QED) is 0.768. The Kier molecular flexibility index (Phi) is 6.26. The largest absolute Gasteiger partial charge is 0.323 e. The smallest absolute Gasteiger partial charge is 0.248 e. The minimum absolute atomic E-state index is 0.140. The molecule has 1 N–H and O–H groups in total. The molecule has 0 unspecified atom stereocenters. The summed E-state index contributed by atoms with van der Waals surface area (Å²) in [4.78, 5) is 14.5. The monoisotopic (exact) mass is 354 g/mol. The maximum Gasteiger partial charge on any atom is 0.248 e. The van der Waals surface area contributed by atoms with E-state index in [9.17, 15) is 4.79 Å². The molecule has 0 saturated carbocycles. The van der Waals surface area contributed by atoms with Gasteiger partial charge in [0.05, 0.1) is 0 Å². The molecule has 130 valence electrons. The summed E-state index contributed by atoms with van der Waals surface area (Å²) in [7, 11) is 0. The third-order valence-corrected chi connectivity index (χ3v) is 4.63. The Hall–Kier alpha value is -2.10. The fourth-order valence-corrected chi connectivity index (χ4v) is 3.12. The summed E-state index contributed by atoms with van der Waals surface area (Å²) < 4.78 is 0. The van der Waals surface area contributed by atoms with Crippen LogP contribution in [0.2, 0.25) is 5.02 Å². The predicted octanol–water partition coefficient (Wildman–Crippen LogP) is 4.98. The van der Waals surface area contributed by atoms with Crippen molar-refractivity contribution < 1.29 is 4.79 Å². The highest BCUT2D eigenvalue weighted by molar-refractivity contribution is 6.30. The lowest BCUT2D eigenvalue weighted by atomic mass is 10.1. The van der Waals surface area contributed by atoms with E-state index in [0.717, 1.165) is 17.8 Å². The zero-order valence-electron chi connectivity index (χ0n) is 14.2. The molecule has 4 heteroatoms. The second-order valence-corrected chi connectivity index (χ2v) is 6.84. The highest BCUT2D eigenvalue weighted by Gasteiger charge is 2.10. The fraction of sp³-hybridized carbons (Fsp3) is 0.286. The zero-order valence-corrected chi connectivity index (χ0v) is 15.0. The molecule has 0 spiro atoms. The van der Waals surface area contributed by atoms with Gasteiger partial charge in [0, 0.05) is 23.3 Å². The van der Waals surface area contributed by atoms with Gasteiger partial charge in [0.2, 0.25) is 5.91 Å². The summed E-state index contributed by atoms with van der Waals surface area (Å²) in [6, 6.07) is 15.5. The van der Waals surface area contributed by atoms with Gasteiger partial charge in [-0.25, -0.2) is 0 Å². The average Bonchev–Trinajstić information content (AvgIpc) is 2.64. The van der Waals surface area contributed by atoms with Crippen LogP contribution in [0.1, 0.15) is 30.4 Å². The molecule has 1 aliphatic heterocycles. The summed E-state index contributed by atoms with van der Waals surface area (Å²) in [6.45, 7) is 3.37. The SMILES string of the molecule is O=C(C=Cc1ccc(Cl)cc1)Nc1ccc(CN2CCCCC2)cc1. The van der Waals surface area contributed by atoms with E-state index in [1.807, 2.05) is 24.3 Å². The number of carbonyl (C=O) groups excluding carboxylic acids is 1. The Morgan fingerprint density at radius 1 is 1.00 bits per heavy atom. The maximum atomic E-state index is 12.0. The molecule has 3 rings (SSSR count). The molecule has 2 aromatic carbocycles. The lowest BCUT2D eigenvalue weighted by Crippen LogP contribution is -2.29. The first-order valence-electron chi connectivity index (χ1n) is 8.75. The van der Waals surface area contributed by atoms with Gasteiger partial charge >= 0.3 is 0 Å². The molecule has 0 aliphatic carbocycles. The van der Waals surface area contributed by atoms with Crippen molar-refractivity contribution in [3.63, 3.8) is 0 Å². The Morgan fingerprint density at radius 2 is 1.68 bits per heavy atom. The van der Waals surface area contributed by atoms with Gasteiger partial charge in [-0.1, -0.05) is 42.3 Å². The average molecular weight is 355 g/mol. The number of piperidine rings is 1. The van der Waals surface area contributed by atoms with Gasteiger partial charge in [0.15, 0.2) is 0 Å². The first-order valence-corrected chi connectivity index (χ1v) is 9.13. The second kappa shape index (κ2) is 8.84. The lowest BCUT2D eigenvalue weighted by molar-refractivity contribution is -0.111. The van der Waals surface area contributed by atoms with Gasteiger partial charge < -0.3 is 5.32 Å². The van der Waals surface area contributed by atoms with E-state index < -0.39 is 0 Å². The van der Waals surface area contributed by atoms with Crippen LogP contribution in [0.15, 0.2) is 54.6 Å². The van der Waals surface area contributed by atoms with E-state index in [0.29, 0.717) is 5.02 Å². The molecule has 25 heavy (non-hydrogen) atoms. The Labute approximate surface area is 154 Å². The third kappa shape index (κ3) is 5.73. The molecule has 0 radical (unpaired) electrons. The molecule has 2 aromatic rings. The summed E-state index contributed by atoms with van der Waals surface area (Å²) in [5.41, 5.74) is 3.04. The van der Waals surface area contributed by atoms with Crippen LogP contribution in [0.3, 0.4) is 0 Å². The van der Waals surface area contributed by atoms with Crippen LogP contribution >= 0.6 is 11.6 Å². The van der Waals surface area contributed by atoms with Crippen molar-refractivity contribution in [2.45, 2.75) is 25.8 Å². The molecule has 1 heterocycles. The lowest BCUT2D eigenvalue weighted by Gasteiger charge is -2.26. The molecular formula is C21H23ClN2O. The topological polar surface area (TPSA) is 32.3 Å². The van der Waals surface area contributed by atoms with Crippen LogP contribution in [0.4, 0.5) is 5.69 Å². The summed E-state index contributed by atoms with van der Waals surface area (Å²) in [5.74, 6) is -0.140. The van der Waals surface area contributed by atoms with E-state index in [4.69, 9.17) is 11.6 Å². The van der Waals surface area contributed by atoms with Crippen molar-refractivity contribution >= 4 is 29.3 Å². The van der Waals surface area contributed by atoms with E-state index in [1.165, 1.54) is 44.0 Å². The van der Waals surface area contributed by atoms with Gasteiger partial charge in [-0.3, -0.25) is 9.69 Å². The van der Waals surface area contributed by atoms with Gasteiger partial charge in [-0.05, 0) is 67.4 Å². The number of rotatable bonds is 5. The molecule has 3 nitrogen and oxygen atoms in total. The van der Waals surface area contributed by atoms with Crippen molar-refractivity contribution in [1.29, 1.82) is 0 Å². The van der Waals surface area contributed by atoms with Crippen LogP contribution in [0, 0.1) is 0 Å². The fourth-order valence-electron chi connectivity index (χ4n) is 3.00. The van der Waals surface area contributed by atoms with E-state index in [2.05, 4.69) is 22.3 Å². The number of nitrogens with zero attached hydrogens (tertiary/aromatic N) is 1. The van der Waals surface area contributed by atoms with Gasteiger partial charge in [0.25, 0.3) is 0 Å². The summed E-state index contributed by atoms with van der Waals surface area (Å²) in [6.07, 6.45) is 7.26. The molecule has 1 amide bonds. The second-order valence-electron chi connectivity index (χ2n) is 6.41. The van der Waals surface area contributed by atoms with E-state index in [1.54, 1.807) is 18.2 Å². The third-order valence-electron chi connectivity index (χ3n) is 4.37. The highest BCUT2D eigenvalue weighted by Crippen LogP contribution is 2.15. The van der Waals surface area contributed by atoms with Crippen LogP contribution in [-0.4, -0.2) is 23.9 Å². The van der Waals surface area contributed by atoms with Crippen LogP contribution in [0.5, 0.6) is 0 Å². The minimum atomic E-state index is -0.140. The first-order chi connectivity index (χ1) is 12.2. The number of halogens is 1. The Bertz CT molecular complexity index is 717.